The van der Waals surface area contributed by atoms with Crippen LogP contribution in [0.25, 0.3) is 11.1 Å². The molecule has 7 heteroatoms. The van der Waals surface area contributed by atoms with Crippen LogP contribution in [-0.4, -0.2) is 41.3 Å². The monoisotopic (exact) mass is 482 g/mol. The van der Waals surface area contributed by atoms with Crippen molar-refractivity contribution in [2.45, 2.75) is 77.8 Å². The minimum absolute atomic E-state index is 0.0526. The smallest absolute Gasteiger partial charge is 0.331 e. The van der Waals surface area contributed by atoms with E-state index < -0.39 is 24.2 Å². The van der Waals surface area contributed by atoms with Crippen LogP contribution in [0.1, 0.15) is 51.2 Å². The van der Waals surface area contributed by atoms with Crippen LogP contribution in [0.5, 0.6) is 0 Å². The summed E-state index contributed by atoms with van der Waals surface area (Å²) in [7, 11) is 0. The van der Waals surface area contributed by atoms with E-state index in [2.05, 4.69) is 10.6 Å². The zero-order valence-electron chi connectivity index (χ0n) is 20.8. The first kappa shape index (κ1) is 26.6. The van der Waals surface area contributed by atoms with E-state index in [4.69, 9.17) is 4.74 Å². The zero-order valence-corrected chi connectivity index (χ0v) is 20.8. The van der Waals surface area contributed by atoms with Crippen LogP contribution >= 0.6 is 0 Å². The molecule has 35 heavy (non-hydrogen) atoms. The Bertz CT molecular complexity index is 1070. The standard InChI is InChI=1S/C28H35FN2O4/c1-5-22(6-2)35-26-15-20(28(33)34)14-25(27(26)31-18(4)32)30-16-21-13-24(29)23(12-17(21)3)19-10-8-7-9-11-19/h7-13,15,22,25-27,30H,5-6,14,16H2,1-4H3,(H,31,32)(H,33,34)/t25-,26+,27+/m0/s1. The van der Waals surface area contributed by atoms with Gasteiger partial charge >= 0.3 is 5.97 Å². The number of benzene rings is 2. The van der Waals surface area contributed by atoms with E-state index in [0.717, 1.165) is 29.5 Å². The number of halogens is 1. The lowest BCUT2D eigenvalue weighted by molar-refractivity contribution is -0.133. The van der Waals surface area contributed by atoms with E-state index in [9.17, 15) is 19.1 Å². The Hall–Kier alpha value is -3.03. The van der Waals surface area contributed by atoms with Crippen molar-refractivity contribution in [3.8, 4) is 11.1 Å². The first-order valence-corrected chi connectivity index (χ1v) is 12.2. The summed E-state index contributed by atoms with van der Waals surface area (Å²) in [6.07, 6.45) is 2.74. The van der Waals surface area contributed by atoms with Gasteiger partial charge in [0.25, 0.3) is 0 Å². The van der Waals surface area contributed by atoms with E-state index in [-0.39, 0.29) is 29.8 Å². The first-order chi connectivity index (χ1) is 16.7. The maximum Gasteiger partial charge on any atom is 0.331 e. The second-order valence-corrected chi connectivity index (χ2v) is 9.08. The predicted molar refractivity (Wildman–Crippen MR) is 134 cm³/mol. The van der Waals surface area contributed by atoms with Gasteiger partial charge in [-0.2, -0.15) is 0 Å². The lowest BCUT2D eigenvalue weighted by atomic mass is 9.87. The van der Waals surface area contributed by atoms with Crippen LogP contribution in [0.15, 0.2) is 54.1 Å². The summed E-state index contributed by atoms with van der Waals surface area (Å²) >= 11 is 0. The largest absolute Gasteiger partial charge is 0.478 e. The summed E-state index contributed by atoms with van der Waals surface area (Å²) in [5.41, 5.74) is 3.28. The highest BCUT2D eigenvalue weighted by molar-refractivity contribution is 5.87. The fourth-order valence-corrected chi connectivity index (χ4v) is 4.56. The molecule has 3 N–H and O–H groups in total. The fraction of sp³-hybridized carbons (Fsp3) is 0.429. The molecular formula is C28H35FN2O4. The minimum atomic E-state index is -1.01. The van der Waals surface area contributed by atoms with Gasteiger partial charge < -0.3 is 20.5 Å². The number of hydrogen-bond acceptors (Lipinski definition) is 4. The number of aliphatic carboxylic acids is 1. The second-order valence-electron chi connectivity index (χ2n) is 9.08. The Morgan fingerprint density at radius 2 is 1.86 bits per heavy atom. The molecule has 0 bridgehead atoms. The molecule has 1 aliphatic rings. The number of carbonyl (C=O) groups is 2. The Labute approximate surface area is 206 Å². The Balaban J connectivity index is 1.85. The fourth-order valence-electron chi connectivity index (χ4n) is 4.56. The van der Waals surface area contributed by atoms with E-state index in [1.165, 1.54) is 13.0 Å². The topological polar surface area (TPSA) is 87.7 Å². The van der Waals surface area contributed by atoms with Gasteiger partial charge in [0.1, 0.15) is 5.82 Å². The van der Waals surface area contributed by atoms with Gasteiger partial charge in [0.15, 0.2) is 0 Å². The maximum absolute atomic E-state index is 15.0. The van der Waals surface area contributed by atoms with Gasteiger partial charge in [-0.15, -0.1) is 0 Å². The third-order valence-corrected chi connectivity index (χ3v) is 6.56. The van der Waals surface area contributed by atoms with Crippen molar-refractivity contribution in [2.24, 2.45) is 0 Å². The third-order valence-electron chi connectivity index (χ3n) is 6.56. The molecule has 0 saturated carbocycles. The Morgan fingerprint density at radius 1 is 1.17 bits per heavy atom. The second kappa shape index (κ2) is 12.1. The average molecular weight is 483 g/mol. The number of carboxylic acids is 1. The van der Waals surface area contributed by atoms with Crippen molar-refractivity contribution >= 4 is 11.9 Å². The number of amides is 1. The molecule has 0 radical (unpaired) electrons. The molecule has 2 aromatic rings. The summed E-state index contributed by atoms with van der Waals surface area (Å²) in [5.74, 6) is -1.55. The number of ether oxygens (including phenoxy) is 1. The number of hydrogen-bond donors (Lipinski definition) is 3. The van der Waals surface area contributed by atoms with Gasteiger partial charge in [-0.1, -0.05) is 44.2 Å². The molecule has 6 nitrogen and oxygen atoms in total. The highest BCUT2D eigenvalue weighted by atomic mass is 19.1. The Morgan fingerprint density at radius 3 is 2.46 bits per heavy atom. The SMILES string of the molecule is CCC(CC)O[C@@H]1C=C(C(=O)O)C[C@H](NCc2cc(F)c(-c3ccccc3)cc2C)[C@H]1NC(C)=O. The molecular weight excluding hydrogens is 447 g/mol. The van der Waals surface area contributed by atoms with Crippen molar-refractivity contribution in [1.29, 1.82) is 0 Å². The van der Waals surface area contributed by atoms with Gasteiger partial charge in [-0.3, -0.25) is 4.79 Å². The van der Waals surface area contributed by atoms with Gasteiger partial charge in [0.2, 0.25) is 5.91 Å². The lowest BCUT2D eigenvalue weighted by Gasteiger charge is -2.38. The van der Waals surface area contributed by atoms with Crippen LogP contribution in [0.4, 0.5) is 4.39 Å². The molecule has 0 saturated heterocycles. The molecule has 3 atom stereocenters. The van der Waals surface area contributed by atoms with Crippen LogP contribution < -0.4 is 10.6 Å². The molecule has 1 amide bonds. The maximum atomic E-state index is 15.0. The zero-order chi connectivity index (χ0) is 25.5. The number of nitrogens with one attached hydrogen (secondary N) is 2. The molecule has 3 rings (SSSR count). The van der Waals surface area contributed by atoms with Crippen LogP contribution in [-0.2, 0) is 20.9 Å². The summed E-state index contributed by atoms with van der Waals surface area (Å²) in [4.78, 5) is 23.9. The van der Waals surface area contributed by atoms with Gasteiger partial charge in [-0.05, 0) is 61.1 Å². The molecule has 0 aromatic heterocycles. The van der Waals surface area contributed by atoms with E-state index in [0.29, 0.717) is 12.1 Å². The van der Waals surface area contributed by atoms with Crippen LogP contribution in [0, 0.1) is 12.7 Å². The number of aryl methyl sites for hydroxylation is 1. The van der Waals surface area contributed by atoms with Gasteiger partial charge in [-0.25, -0.2) is 9.18 Å². The van der Waals surface area contributed by atoms with Crippen LogP contribution in [0.3, 0.4) is 0 Å². The van der Waals surface area contributed by atoms with Gasteiger partial charge in [0, 0.05) is 30.6 Å². The predicted octanol–water partition coefficient (Wildman–Crippen LogP) is 4.75. The minimum Gasteiger partial charge on any atom is -0.478 e. The normalized spacial score (nSPS) is 19.9. The lowest BCUT2D eigenvalue weighted by Crippen LogP contribution is -2.58. The average Bonchev–Trinajstić information content (AvgIpc) is 2.84. The van der Waals surface area contributed by atoms with E-state index in [1.807, 2.05) is 57.2 Å². The molecule has 188 valence electrons. The molecule has 0 aliphatic heterocycles. The van der Waals surface area contributed by atoms with Gasteiger partial charge in [0.05, 0.1) is 18.2 Å². The molecule has 0 heterocycles. The van der Waals surface area contributed by atoms with Crippen molar-refractivity contribution < 1.29 is 23.8 Å². The third kappa shape index (κ3) is 6.77. The molecule has 0 unspecified atom stereocenters. The highest BCUT2D eigenvalue weighted by Gasteiger charge is 2.37. The highest BCUT2D eigenvalue weighted by Crippen LogP contribution is 2.28. The number of carboxylic acid groups (broad SMARTS) is 1. The molecule has 0 spiro atoms. The quantitative estimate of drug-likeness (QED) is 0.455. The molecule has 1 aliphatic carbocycles. The van der Waals surface area contributed by atoms with Crippen molar-refractivity contribution in [2.75, 3.05) is 0 Å². The van der Waals surface area contributed by atoms with Crippen molar-refractivity contribution in [3.05, 3.63) is 71.1 Å². The van der Waals surface area contributed by atoms with Crippen molar-refractivity contribution in [1.82, 2.24) is 10.6 Å². The first-order valence-electron chi connectivity index (χ1n) is 12.2. The summed E-state index contributed by atoms with van der Waals surface area (Å²) in [6, 6.07) is 11.9. The number of carbonyl (C=O) groups excluding carboxylic acids is 1. The summed E-state index contributed by atoms with van der Waals surface area (Å²) in [5, 5.41) is 16.0. The van der Waals surface area contributed by atoms with Crippen LogP contribution in [0.2, 0.25) is 0 Å². The summed E-state index contributed by atoms with van der Waals surface area (Å²) in [6.45, 7) is 7.71. The Kier molecular flexibility index (Phi) is 9.18. The molecule has 2 aromatic carbocycles. The number of rotatable bonds is 10. The summed E-state index contributed by atoms with van der Waals surface area (Å²) < 4.78 is 21.2. The van der Waals surface area contributed by atoms with E-state index >= 15 is 0 Å². The van der Waals surface area contributed by atoms with E-state index in [1.54, 1.807) is 6.08 Å². The van der Waals surface area contributed by atoms with Crippen molar-refractivity contribution in [3.63, 3.8) is 0 Å². The molecule has 0 fully saturated rings.